The van der Waals surface area contributed by atoms with Gasteiger partial charge in [-0.2, -0.15) is 0 Å². The average Bonchev–Trinajstić information content (AvgIpc) is 3.09. The zero-order valence-electron chi connectivity index (χ0n) is 17.1. The second-order valence-corrected chi connectivity index (χ2v) is 7.24. The summed E-state index contributed by atoms with van der Waals surface area (Å²) in [7, 11) is 0. The molecule has 2 aromatic carbocycles. The number of carboxylic acids is 1. The number of fused-ring (bicyclic) bond motifs is 3. The Morgan fingerprint density at radius 1 is 1.03 bits per heavy atom. The van der Waals surface area contributed by atoms with E-state index >= 15 is 0 Å². The van der Waals surface area contributed by atoms with E-state index in [9.17, 15) is 14.4 Å². The molecule has 7 nitrogen and oxygen atoms in total. The van der Waals surface area contributed by atoms with Crippen LogP contribution in [0.25, 0.3) is 11.1 Å². The number of nitrogens with one attached hydrogen (secondary N) is 2. The molecule has 0 radical (unpaired) electrons. The van der Waals surface area contributed by atoms with E-state index in [1.807, 2.05) is 48.5 Å². The van der Waals surface area contributed by atoms with Crippen molar-refractivity contribution in [2.45, 2.75) is 37.8 Å². The number of rotatable bonds is 8. The van der Waals surface area contributed by atoms with E-state index in [-0.39, 0.29) is 25.4 Å². The van der Waals surface area contributed by atoms with Gasteiger partial charge in [0.05, 0.1) is 0 Å². The lowest BCUT2D eigenvalue weighted by Gasteiger charge is -2.20. The van der Waals surface area contributed by atoms with Crippen molar-refractivity contribution in [3.8, 4) is 23.5 Å². The first kappa shape index (κ1) is 21.9. The molecule has 0 aromatic heterocycles. The number of carboxylic acid groups (broad SMARTS) is 1. The summed E-state index contributed by atoms with van der Waals surface area (Å²) in [5.41, 5.74) is 4.36. The molecular weight excluding hydrogens is 396 g/mol. The molecule has 0 saturated carbocycles. The zero-order chi connectivity index (χ0) is 22.4. The van der Waals surface area contributed by atoms with Gasteiger partial charge in [-0.15, -0.1) is 12.3 Å². The number of hydrogen-bond acceptors (Lipinski definition) is 4. The molecular formula is C24H24N2O5. The van der Waals surface area contributed by atoms with Crippen LogP contribution in [0.1, 0.15) is 36.8 Å². The number of hydrogen-bond donors (Lipinski definition) is 3. The molecule has 0 bridgehead atoms. The average molecular weight is 420 g/mol. The molecule has 1 aliphatic carbocycles. The molecule has 1 aliphatic rings. The number of aliphatic carboxylic acids is 1. The number of benzene rings is 2. The molecule has 7 heteroatoms. The highest BCUT2D eigenvalue weighted by atomic mass is 16.5. The number of terminal acetylenes is 1. The maximum Gasteiger partial charge on any atom is 0.407 e. The zero-order valence-corrected chi connectivity index (χ0v) is 17.1. The van der Waals surface area contributed by atoms with Crippen molar-refractivity contribution in [3.05, 3.63) is 59.7 Å². The third-order valence-corrected chi connectivity index (χ3v) is 5.30. The molecule has 3 rings (SSSR count). The van der Waals surface area contributed by atoms with Crippen LogP contribution in [0, 0.1) is 12.3 Å². The van der Waals surface area contributed by atoms with Gasteiger partial charge in [-0.25, -0.2) is 9.59 Å². The largest absolute Gasteiger partial charge is 0.480 e. The molecule has 160 valence electrons. The van der Waals surface area contributed by atoms with Crippen LogP contribution >= 0.6 is 0 Å². The molecule has 0 fully saturated rings. The highest BCUT2D eigenvalue weighted by Crippen LogP contribution is 2.44. The van der Waals surface area contributed by atoms with Gasteiger partial charge in [-0.3, -0.25) is 4.79 Å². The van der Waals surface area contributed by atoms with Crippen molar-refractivity contribution in [2.24, 2.45) is 0 Å². The second kappa shape index (κ2) is 9.81. The van der Waals surface area contributed by atoms with Crippen LogP contribution in [0.3, 0.4) is 0 Å². The predicted molar refractivity (Wildman–Crippen MR) is 115 cm³/mol. The Bertz CT molecular complexity index is 981. The van der Waals surface area contributed by atoms with Crippen LogP contribution in [-0.4, -0.2) is 41.8 Å². The quantitative estimate of drug-likeness (QED) is 0.570. The fourth-order valence-electron chi connectivity index (χ4n) is 3.72. The number of carbonyl (C=O) groups excluding carboxylic acids is 2. The van der Waals surface area contributed by atoms with Gasteiger partial charge in [0.1, 0.15) is 18.7 Å². The summed E-state index contributed by atoms with van der Waals surface area (Å²) in [6.45, 7) is 1.73. The Labute approximate surface area is 180 Å². The normalized spacial score (nSPS) is 13.8. The first-order chi connectivity index (χ1) is 15.0. The Morgan fingerprint density at radius 3 is 2.13 bits per heavy atom. The van der Waals surface area contributed by atoms with E-state index in [1.54, 1.807) is 6.92 Å². The number of carbonyl (C=O) groups is 3. The van der Waals surface area contributed by atoms with E-state index in [0.29, 0.717) is 0 Å². The molecule has 31 heavy (non-hydrogen) atoms. The van der Waals surface area contributed by atoms with Gasteiger partial charge in [0.2, 0.25) is 5.91 Å². The Morgan fingerprint density at radius 2 is 1.61 bits per heavy atom. The third kappa shape index (κ3) is 4.86. The van der Waals surface area contributed by atoms with Gasteiger partial charge >= 0.3 is 12.1 Å². The molecule has 0 heterocycles. The van der Waals surface area contributed by atoms with E-state index in [0.717, 1.165) is 22.3 Å². The lowest BCUT2D eigenvalue weighted by Crippen LogP contribution is -2.51. The number of alkyl carbamates (subject to hydrolysis) is 1. The molecule has 0 spiro atoms. The lowest BCUT2D eigenvalue weighted by atomic mass is 9.98. The van der Waals surface area contributed by atoms with E-state index in [1.165, 1.54) is 0 Å². The van der Waals surface area contributed by atoms with Gasteiger partial charge in [-0.05, 0) is 28.7 Å². The Hall–Kier alpha value is -3.79. The first-order valence-corrected chi connectivity index (χ1v) is 10.0. The maximum atomic E-state index is 12.4. The van der Waals surface area contributed by atoms with Crippen molar-refractivity contribution in [2.75, 3.05) is 6.61 Å². The number of amides is 2. The summed E-state index contributed by atoms with van der Waals surface area (Å²) < 4.78 is 5.43. The van der Waals surface area contributed by atoms with Gasteiger partial charge in [0.15, 0.2) is 0 Å². The maximum absolute atomic E-state index is 12.4. The second-order valence-electron chi connectivity index (χ2n) is 7.24. The third-order valence-electron chi connectivity index (χ3n) is 5.30. The van der Waals surface area contributed by atoms with E-state index < -0.39 is 30.1 Å². The molecule has 0 saturated heterocycles. The van der Waals surface area contributed by atoms with Crippen molar-refractivity contribution in [3.63, 3.8) is 0 Å². The monoisotopic (exact) mass is 420 g/mol. The summed E-state index contributed by atoms with van der Waals surface area (Å²) in [4.78, 5) is 35.9. The summed E-state index contributed by atoms with van der Waals surface area (Å²) in [6.07, 6.45) is 4.63. The smallest absolute Gasteiger partial charge is 0.407 e. The van der Waals surface area contributed by atoms with Gasteiger partial charge < -0.3 is 20.5 Å². The predicted octanol–water partition coefficient (Wildman–Crippen LogP) is 2.90. The van der Waals surface area contributed by atoms with Gasteiger partial charge in [0.25, 0.3) is 0 Å². The Kier molecular flexibility index (Phi) is 6.93. The molecule has 3 N–H and O–H groups in total. The van der Waals surface area contributed by atoms with E-state index in [2.05, 4.69) is 16.6 Å². The fourth-order valence-corrected chi connectivity index (χ4v) is 3.72. The minimum absolute atomic E-state index is 0.0912. The minimum atomic E-state index is -1.16. The SMILES string of the molecule is C#CCC(NC(=O)OCC1c2ccccc2-c2ccccc21)C(=O)NC(CC)C(=O)O. The van der Waals surface area contributed by atoms with Gasteiger partial charge in [0, 0.05) is 12.3 Å². The first-order valence-electron chi connectivity index (χ1n) is 10.0. The van der Waals surface area contributed by atoms with Crippen molar-refractivity contribution >= 4 is 18.0 Å². The van der Waals surface area contributed by atoms with Crippen LogP contribution in [0.15, 0.2) is 48.5 Å². The summed E-state index contributed by atoms with van der Waals surface area (Å²) >= 11 is 0. The Balaban J connectivity index is 1.65. The topological polar surface area (TPSA) is 105 Å². The standard InChI is InChI=1S/C24H24N2O5/c1-3-9-21(22(27)25-20(4-2)23(28)29)26-24(30)31-14-19-17-12-7-5-10-15(17)16-11-6-8-13-18(16)19/h1,5-8,10-13,19-21H,4,9,14H2,2H3,(H,25,27)(H,26,30)(H,28,29). The highest BCUT2D eigenvalue weighted by molar-refractivity contribution is 5.89. The summed E-state index contributed by atoms with van der Waals surface area (Å²) in [5.74, 6) is 0.381. The summed E-state index contributed by atoms with van der Waals surface area (Å²) in [6, 6.07) is 13.8. The highest BCUT2D eigenvalue weighted by Gasteiger charge is 2.30. The molecule has 0 aliphatic heterocycles. The van der Waals surface area contributed by atoms with Crippen LogP contribution in [0.2, 0.25) is 0 Å². The number of ether oxygens (including phenoxy) is 1. The van der Waals surface area contributed by atoms with E-state index in [4.69, 9.17) is 16.3 Å². The van der Waals surface area contributed by atoms with Crippen molar-refractivity contribution in [1.29, 1.82) is 0 Å². The minimum Gasteiger partial charge on any atom is -0.480 e. The lowest BCUT2D eigenvalue weighted by molar-refractivity contribution is -0.142. The molecule has 2 aromatic rings. The van der Waals surface area contributed by atoms with Crippen molar-refractivity contribution in [1.82, 2.24) is 10.6 Å². The van der Waals surface area contributed by atoms with Crippen LogP contribution in [0.5, 0.6) is 0 Å². The molecule has 2 atom stereocenters. The van der Waals surface area contributed by atoms with Crippen LogP contribution in [0.4, 0.5) is 4.79 Å². The van der Waals surface area contributed by atoms with Crippen LogP contribution < -0.4 is 10.6 Å². The molecule has 2 unspecified atom stereocenters. The van der Waals surface area contributed by atoms with Crippen LogP contribution in [-0.2, 0) is 14.3 Å². The molecule has 2 amide bonds. The van der Waals surface area contributed by atoms with Gasteiger partial charge in [-0.1, -0.05) is 55.5 Å². The fraction of sp³-hybridized carbons (Fsp3) is 0.292. The van der Waals surface area contributed by atoms with Crippen molar-refractivity contribution < 1.29 is 24.2 Å². The summed E-state index contributed by atoms with van der Waals surface area (Å²) in [5, 5.41) is 13.9.